The van der Waals surface area contributed by atoms with Crippen molar-refractivity contribution in [2.75, 3.05) is 25.7 Å². The molecule has 0 aromatic rings. The molecule has 0 aromatic carbocycles. The molecular formula is C12H21BrO4. The quantitative estimate of drug-likeness (QED) is 0.284. The topological polar surface area (TPSA) is 44.8 Å². The smallest absolute Gasteiger partial charge is 0.330 e. The van der Waals surface area contributed by atoms with Crippen LogP contribution >= 0.6 is 15.9 Å². The molecular weight excluding hydrogens is 288 g/mol. The van der Waals surface area contributed by atoms with Gasteiger partial charge >= 0.3 is 5.97 Å². The molecule has 0 aliphatic rings. The molecule has 0 rings (SSSR count). The number of hydrogen-bond donors (Lipinski definition) is 0. The Morgan fingerprint density at radius 2 is 2.06 bits per heavy atom. The van der Waals surface area contributed by atoms with E-state index in [2.05, 4.69) is 20.7 Å². The zero-order chi connectivity index (χ0) is 13.1. The molecule has 0 saturated heterocycles. The zero-order valence-electron chi connectivity index (χ0n) is 10.6. The van der Waals surface area contributed by atoms with Crippen LogP contribution in [0.5, 0.6) is 0 Å². The highest BCUT2D eigenvalue weighted by Crippen LogP contribution is 2.09. The Bertz CT molecular complexity index is 231. The number of ether oxygens (including phenoxy) is 3. The van der Waals surface area contributed by atoms with Gasteiger partial charge in [0.15, 0.2) is 6.29 Å². The van der Waals surface area contributed by atoms with Gasteiger partial charge in [-0.3, -0.25) is 0 Å². The fourth-order valence-electron chi connectivity index (χ4n) is 1.15. The Hall–Kier alpha value is -0.390. The standard InChI is InChI=1S/C12H21BrO4/c1-4-10(6-7-11(14)15-3)9-17-12(8-13)16-5-2/h6-7,10,12H,4-5,8-9H2,1-3H3/b7-6-/t10-,12?/m1/s1. The highest BCUT2D eigenvalue weighted by molar-refractivity contribution is 9.09. The van der Waals surface area contributed by atoms with E-state index < -0.39 is 0 Å². The molecule has 1 unspecified atom stereocenters. The van der Waals surface area contributed by atoms with Crippen molar-refractivity contribution in [2.24, 2.45) is 5.92 Å². The van der Waals surface area contributed by atoms with Gasteiger partial charge in [-0.2, -0.15) is 0 Å². The third-order valence-electron chi connectivity index (χ3n) is 2.20. The normalized spacial score (nSPS) is 14.8. The van der Waals surface area contributed by atoms with Gasteiger partial charge in [-0.15, -0.1) is 0 Å². The second kappa shape index (κ2) is 10.7. The molecule has 4 nitrogen and oxygen atoms in total. The van der Waals surface area contributed by atoms with E-state index in [0.717, 1.165) is 6.42 Å². The summed E-state index contributed by atoms with van der Waals surface area (Å²) in [5.74, 6) is -0.151. The van der Waals surface area contributed by atoms with E-state index in [9.17, 15) is 4.79 Å². The SMILES string of the molecule is CCOC(CBr)OC[C@@H](/C=C\C(=O)OC)CC. The van der Waals surface area contributed by atoms with Crippen molar-refractivity contribution in [1.29, 1.82) is 0 Å². The first-order chi connectivity index (χ1) is 8.17. The predicted octanol–water partition coefficient (Wildman–Crippen LogP) is 2.52. The molecule has 2 atom stereocenters. The second-order valence-corrected chi connectivity index (χ2v) is 4.07. The molecule has 0 saturated carbocycles. The van der Waals surface area contributed by atoms with E-state index in [-0.39, 0.29) is 18.2 Å². The van der Waals surface area contributed by atoms with Crippen molar-refractivity contribution in [3.8, 4) is 0 Å². The predicted molar refractivity (Wildman–Crippen MR) is 70.1 cm³/mol. The van der Waals surface area contributed by atoms with Crippen LogP contribution in [0.25, 0.3) is 0 Å². The van der Waals surface area contributed by atoms with Crippen LogP contribution in [0, 0.1) is 5.92 Å². The van der Waals surface area contributed by atoms with Gasteiger partial charge in [0.1, 0.15) is 0 Å². The fourth-order valence-corrected chi connectivity index (χ4v) is 1.52. The molecule has 0 aliphatic carbocycles. The molecule has 0 heterocycles. The summed E-state index contributed by atoms with van der Waals surface area (Å²) >= 11 is 3.32. The lowest BCUT2D eigenvalue weighted by Crippen LogP contribution is -2.22. The summed E-state index contributed by atoms with van der Waals surface area (Å²) in [6, 6.07) is 0. The summed E-state index contributed by atoms with van der Waals surface area (Å²) in [6.45, 7) is 5.11. The van der Waals surface area contributed by atoms with Crippen LogP contribution in [0.1, 0.15) is 20.3 Å². The van der Waals surface area contributed by atoms with Crippen LogP contribution in [0.2, 0.25) is 0 Å². The summed E-state index contributed by atoms with van der Waals surface area (Å²) in [7, 11) is 1.36. The average Bonchev–Trinajstić information content (AvgIpc) is 2.36. The molecule has 0 bridgehead atoms. The van der Waals surface area contributed by atoms with Gasteiger partial charge in [0.2, 0.25) is 0 Å². The van der Waals surface area contributed by atoms with E-state index in [1.165, 1.54) is 13.2 Å². The van der Waals surface area contributed by atoms with E-state index in [4.69, 9.17) is 9.47 Å². The summed E-state index contributed by atoms with van der Waals surface area (Å²) < 4.78 is 15.5. The zero-order valence-corrected chi connectivity index (χ0v) is 12.2. The van der Waals surface area contributed by atoms with Crippen molar-refractivity contribution in [2.45, 2.75) is 26.6 Å². The Kier molecular flexibility index (Phi) is 10.5. The van der Waals surface area contributed by atoms with Gasteiger partial charge in [-0.25, -0.2) is 4.79 Å². The summed E-state index contributed by atoms with van der Waals surface area (Å²) in [5, 5.41) is 0.637. The first-order valence-corrected chi connectivity index (χ1v) is 6.85. The van der Waals surface area contributed by atoms with Crippen molar-refractivity contribution in [3.63, 3.8) is 0 Å². The maximum Gasteiger partial charge on any atom is 0.330 e. The van der Waals surface area contributed by atoms with Gasteiger partial charge in [-0.05, 0) is 13.3 Å². The minimum atomic E-state index is -0.342. The number of esters is 1. The Labute approximate surface area is 111 Å². The Morgan fingerprint density at radius 1 is 1.35 bits per heavy atom. The van der Waals surface area contributed by atoms with Crippen LogP contribution < -0.4 is 0 Å². The molecule has 0 fully saturated rings. The van der Waals surface area contributed by atoms with E-state index in [1.807, 2.05) is 19.9 Å². The summed E-state index contributed by atoms with van der Waals surface area (Å²) in [4.78, 5) is 10.9. The molecule has 0 N–H and O–H groups in total. The lowest BCUT2D eigenvalue weighted by atomic mass is 10.1. The molecule has 0 aromatic heterocycles. The van der Waals surface area contributed by atoms with Gasteiger partial charge in [-0.1, -0.05) is 28.9 Å². The number of methoxy groups -OCH3 is 1. The van der Waals surface area contributed by atoms with Crippen molar-refractivity contribution in [3.05, 3.63) is 12.2 Å². The number of alkyl halides is 1. The lowest BCUT2D eigenvalue weighted by molar-refractivity contribution is -0.135. The largest absolute Gasteiger partial charge is 0.466 e. The highest BCUT2D eigenvalue weighted by atomic mass is 79.9. The average molecular weight is 309 g/mol. The van der Waals surface area contributed by atoms with Crippen molar-refractivity contribution in [1.82, 2.24) is 0 Å². The van der Waals surface area contributed by atoms with Gasteiger partial charge in [0.25, 0.3) is 0 Å². The number of halogens is 1. The van der Waals surface area contributed by atoms with E-state index in [0.29, 0.717) is 18.5 Å². The highest BCUT2D eigenvalue weighted by Gasteiger charge is 2.10. The first kappa shape index (κ1) is 16.6. The number of carbonyl (C=O) groups is 1. The van der Waals surface area contributed by atoms with Crippen LogP contribution in [0.4, 0.5) is 0 Å². The van der Waals surface area contributed by atoms with Gasteiger partial charge < -0.3 is 14.2 Å². The maximum atomic E-state index is 10.9. The monoisotopic (exact) mass is 308 g/mol. The van der Waals surface area contributed by atoms with E-state index in [1.54, 1.807) is 0 Å². The Balaban J connectivity index is 4.03. The molecule has 0 amide bonds. The number of hydrogen-bond acceptors (Lipinski definition) is 4. The fraction of sp³-hybridized carbons (Fsp3) is 0.750. The number of carbonyl (C=O) groups excluding carboxylic acids is 1. The maximum absolute atomic E-state index is 10.9. The second-order valence-electron chi connectivity index (χ2n) is 3.42. The third-order valence-corrected chi connectivity index (χ3v) is 2.73. The van der Waals surface area contributed by atoms with Crippen molar-refractivity contribution >= 4 is 21.9 Å². The molecule has 0 radical (unpaired) electrons. The summed E-state index contributed by atoms with van der Waals surface area (Å²) in [6.07, 6.45) is 3.90. The van der Waals surface area contributed by atoms with Gasteiger partial charge in [0.05, 0.1) is 19.0 Å². The minimum absolute atomic E-state index is 0.191. The van der Waals surface area contributed by atoms with E-state index >= 15 is 0 Å². The van der Waals surface area contributed by atoms with Gasteiger partial charge in [0, 0.05) is 18.6 Å². The molecule has 0 aliphatic heterocycles. The Morgan fingerprint density at radius 3 is 2.53 bits per heavy atom. The van der Waals surface area contributed by atoms with Crippen molar-refractivity contribution < 1.29 is 19.0 Å². The minimum Gasteiger partial charge on any atom is -0.466 e. The molecule has 17 heavy (non-hydrogen) atoms. The molecule has 0 spiro atoms. The summed E-state index contributed by atoms with van der Waals surface area (Å²) in [5.41, 5.74) is 0. The first-order valence-electron chi connectivity index (χ1n) is 5.73. The van der Waals surface area contributed by atoms with Crippen LogP contribution in [0.3, 0.4) is 0 Å². The lowest BCUT2D eigenvalue weighted by Gasteiger charge is -2.18. The number of rotatable bonds is 9. The molecule has 5 heteroatoms. The van der Waals surface area contributed by atoms with Crippen LogP contribution in [0.15, 0.2) is 12.2 Å². The van der Waals surface area contributed by atoms with Crippen LogP contribution in [-0.2, 0) is 19.0 Å². The van der Waals surface area contributed by atoms with Crippen LogP contribution in [-0.4, -0.2) is 37.9 Å². The molecule has 100 valence electrons. The third kappa shape index (κ3) is 8.35.